The first kappa shape index (κ1) is 13.6. The van der Waals surface area contributed by atoms with Gasteiger partial charge >= 0.3 is 5.97 Å². The number of carboxylic acid groups (broad SMARTS) is 1. The lowest BCUT2D eigenvalue weighted by Crippen LogP contribution is -2.18. The molecular formula is C15H13BrO3. The van der Waals surface area contributed by atoms with Crippen LogP contribution in [-0.2, 0) is 4.79 Å². The molecule has 2 aromatic rings. The summed E-state index contributed by atoms with van der Waals surface area (Å²) >= 11 is 3.36. The van der Waals surface area contributed by atoms with E-state index < -0.39 is 12.1 Å². The molecule has 1 atom stereocenters. The van der Waals surface area contributed by atoms with Crippen LogP contribution in [0.25, 0.3) is 0 Å². The van der Waals surface area contributed by atoms with Crippen LogP contribution >= 0.6 is 15.9 Å². The second-order valence-electron chi connectivity index (χ2n) is 4.16. The molecule has 3 nitrogen and oxygen atoms in total. The van der Waals surface area contributed by atoms with E-state index in [2.05, 4.69) is 15.9 Å². The van der Waals surface area contributed by atoms with Crippen molar-refractivity contribution in [2.24, 2.45) is 0 Å². The van der Waals surface area contributed by atoms with Crippen LogP contribution in [0.1, 0.15) is 17.2 Å². The summed E-state index contributed by atoms with van der Waals surface area (Å²) in [4.78, 5) is 11.3. The molecule has 0 fully saturated rings. The van der Waals surface area contributed by atoms with Crippen LogP contribution < -0.4 is 4.74 Å². The number of carboxylic acids is 1. The molecule has 0 heterocycles. The Morgan fingerprint density at radius 2 is 1.89 bits per heavy atom. The number of aryl methyl sites for hydroxylation is 1. The number of aliphatic carboxylic acids is 1. The number of carbonyl (C=O) groups is 1. The SMILES string of the molecule is Cc1cc(Br)ccc1OC(C(=O)O)c1ccccc1. The maximum absolute atomic E-state index is 11.3. The normalized spacial score (nSPS) is 11.9. The van der Waals surface area contributed by atoms with E-state index in [9.17, 15) is 9.90 Å². The fourth-order valence-corrected chi connectivity index (χ4v) is 2.24. The predicted octanol–water partition coefficient (Wildman–Crippen LogP) is 3.96. The van der Waals surface area contributed by atoms with Crippen molar-refractivity contribution in [3.05, 3.63) is 64.1 Å². The number of ether oxygens (including phenoxy) is 1. The largest absolute Gasteiger partial charge is 0.478 e. The zero-order chi connectivity index (χ0) is 13.8. The van der Waals surface area contributed by atoms with Gasteiger partial charge in [0.15, 0.2) is 0 Å². The Labute approximate surface area is 120 Å². The maximum Gasteiger partial charge on any atom is 0.349 e. The van der Waals surface area contributed by atoms with Crippen molar-refractivity contribution in [2.45, 2.75) is 13.0 Å². The van der Waals surface area contributed by atoms with Gasteiger partial charge in [0.1, 0.15) is 5.75 Å². The average Bonchev–Trinajstić information content (AvgIpc) is 2.38. The highest BCUT2D eigenvalue weighted by atomic mass is 79.9. The molecule has 1 unspecified atom stereocenters. The van der Waals surface area contributed by atoms with E-state index in [1.165, 1.54) is 0 Å². The Morgan fingerprint density at radius 3 is 2.47 bits per heavy atom. The standard InChI is InChI=1S/C15H13BrO3/c1-10-9-12(16)7-8-13(10)19-14(15(17)18)11-5-3-2-4-6-11/h2-9,14H,1H3,(H,17,18). The molecule has 0 saturated heterocycles. The zero-order valence-corrected chi connectivity index (χ0v) is 11.9. The van der Waals surface area contributed by atoms with Gasteiger partial charge in [0.05, 0.1) is 0 Å². The Hall–Kier alpha value is -1.81. The molecule has 0 radical (unpaired) electrons. The lowest BCUT2D eigenvalue weighted by molar-refractivity contribution is -0.145. The average molecular weight is 321 g/mol. The molecule has 4 heteroatoms. The Kier molecular flexibility index (Phi) is 4.22. The van der Waals surface area contributed by atoms with E-state index in [1.54, 1.807) is 30.3 Å². The first-order valence-corrected chi connectivity index (χ1v) is 6.58. The van der Waals surface area contributed by atoms with Crippen molar-refractivity contribution >= 4 is 21.9 Å². The first-order chi connectivity index (χ1) is 9.08. The Morgan fingerprint density at radius 1 is 1.21 bits per heavy atom. The summed E-state index contributed by atoms with van der Waals surface area (Å²) in [5.41, 5.74) is 1.51. The summed E-state index contributed by atoms with van der Waals surface area (Å²) in [5.74, 6) is -0.437. The summed E-state index contributed by atoms with van der Waals surface area (Å²) in [5, 5.41) is 9.30. The lowest BCUT2D eigenvalue weighted by atomic mass is 10.1. The summed E-state index contributed by atoms with van der Waals surface area (Å²) in [6.07, 6.45) is -0.999. The summed E-state index contributed by atoms with van der Waals surface area (Å²) < 4.78 is 6.56. The molecule has 0 aromatic heterocycles. The molecule has 0 amide bonds. The van der Waals surface area contributed by atoms with Crippen molar-refractivity contribution < 1.29 is 14.6 Å². The van der Waals surface area contributed by atoms with Gasteiger partial charge in [-0.3, -0.25) is 0 Å². The molecule has 2 aromatic carbocycles. The van der Waals surface area contributed by atoms with Crippen molar-refractivity contribution in [1.29, 1.82) is 0 Å². The summed E-state index contributed by atoms with van der Waals surface area (Å²) in [7, 11) is 0. The quantitative estimate of drug-likeness (QED) is 0.927. The van der Waals surface area contributed by atoms with Gasteiger partial charge in [-0.25, -0.2) is 4.79 Å². The molecule has 0 aliphatic heterocycles. The monoisotopic (exact) mass is 320 g/mol. The summed E-state index contributed by atoms with van der Waals surface area (Å²) in [6.45, 7) is 1.88. The number of benzene rings is 2. The highest BCUT2D eigenvalue weighted by molar-refractivity contribution is 9.10. The topological polar surface area (TPSA) is 46.5 Å². The second-order valence-corrected chi connectivity index (χ2v) is 5.07. The molecular weight excluding hydrogens is 308 g/mol. The molecule has 1 N–H and O–H groups in total. The van der Waals surface area contributed by atoms with Gasteiger partial charge in [0, 0.05) is 10.0 Å². The first-order valence-electron chi connectivity index (χ1n) is 5.78. The lowest BCUT2D eigenvalue weighted by Gasteiger charge is -2.17. The minimum atomic E-state index is -1.01. The van der Waals surface area contributed by atoms with Gasteiger partial charge in [-0.1, -0.05) is 46.3 Å². The van der Waals surface area contributed by atoms with E-state index in [0.29, 0.717) is 11.3 Å². The van der Waals surface area contributed by atoms with E-state index in [1.807, 2.05) is 25.1 Å². The minimum absolute atomic E-state index is 0.569. The molecule has 0 spiro atoms. The van der Waals surface area contributed by atoms with Gasteiger partial charge in [-0.15, -0.1) is 0 Å². The van der Waals surface area contributed by atoms with Crippen molar-refractivity contribution in [3.63, 3.8) is 0 Å². The molecule has 0 aliphatic carbocycles. The third-order valence-corrected chi connectivity index (χ3v) is 3.20. The van der Waals surface area contributed by atoms with E-state index in [4.69, 9.17) is 4.74 Å². The number of hydrogen-bond acceptors (Lipinski definition) is 2. The second kappa shape index (κ2) is 5.89. The maximum atomic E-state index is 11.3. The molecule has 0 aliphatic rings. The van der Waals surface area contributed by atoms with Crippen LogP contribution in [0.4, 0.5) is 0 Å². The Bertz CT molecular complexity index is 581. The van der Waals surface area contributed by atoms with Crippen LogP contribution in [-0.4, -0.2) is 11.1 Å². The molecule has 0 bridgehead atoms. The molecule has 19 heavy (non-hydrogen) atoms. The van der Waals surface area contributed by atoms with Crippen LogP contribution in [0.5, 0.6) is 5.75 Å². The van der Waals surface area contributed by atoms with Gasteiger partial charge in [-0.05, 0) is 30.7 Å². The van der Waals surface area contributed by atoms with Gasteiger partial charge in [-0.2, -0.15) is 0 Å². The Balaban J connectivity index is 2.29. The number of rotatable bonds is 4. The molecule has 2 rings (SSSR count). The van der Waals surface area contributed by atoms with Crippen molar-refractivity contribution in [1.82, 2.24) is 0 Å². The zero-order valence-electron chi connectivity index (χ0n) is 10.3. The third-order valence-electron chi connectivity index (χ3n) is 2.71. The van der Waals surface area contributed by atoms with E-state index >= 15 is 0 Å². The molecule has 0 saturated carbocycles. The van der Waals surface area contributed by atoms with Crippen LogP contribution in [0.2, 0.25) is 0 Å². The number of hydrogen-bond donors (Lipinski definition) is 1. The van der Waals surface area contributed by atoms with Gasteiger partial charge in [0.2, 0.25) is 6.10 Å². The fourth-order valence-electron chi connectivity index (χ4n) is 1.76. The highest BCUT2D eigenvalue weighted by Gasteiger charge is 2.22. The third kappa shape index (κ3) is 3.35. The number of halogens is 1. The fraction of sp³-hybridized carbons (Fsp3) is 0.133. The van der Waals surface area contributed by atoms with Gasteiger partial charge < -0.3 is 9.84 Å². The van der Waals surface area contributed by atoms with Gasteiger partial charge in [0.25, 0.3) is 0 Å². The van der Waals surface area contributed by atoms with Crippen molar-refractivity contribution in [3.8, 4) is 5.75 Å². The molecule has 98 valence electrons. The predicted molar refractivity (Wildman–Crippen MR) is 76.3 cm³/mol. The van der Waals surface area contributed by atoms with Crippen molar-refractivity contribution in [2.75, 3.05) is 0 Å². The highest BCUT2D eigenvalue weighted by Crippen LogP contribution is 2.27. The van der Waals surface area contributed by atoms with Crippen LogP contribution in [0.15, 0.2) is 53.0 Å². The summed E-state index contributed by atoms with van der Waals surface area (Å²) in [6, 6.07) is 14.4. The van der Waals surface area contributed by atoms with E-state index in [-0.39, 0.29) is 0 Å². The van der Waals surface area contributed by atoms with E-state index in [0.717, 1.165) is 10.0 Å². The van der Waals surface area contributed by atoms with Crippen LogP contribution in [0, 0.1) is 6.92 Å². The smallest absolute Gasteiger partial charge is 0.349 e. The minimum Gasteiger partial charge on any atom is -0.478 e. The van der Waals surface area contributed by atoms with Crippen LogP contribution in [0.3, 0.4) is 0 Å².